The monoisotopic (exact) mass is 1080 g/mol. The molecule has 6 saturated heterocycles. The number of carbonyl (C=O) groups is 8. The van der Waals surface area contributed by atoms with E-state index in [2.05, 4.69) is 50.3 Å². The quantitative estimate of drug-likeness (QED) is 0.0997. The van der Waals surface area contributed by atoms with Crippen molar-refractivity contribution in [2.24, 2.45) is 10.8 Å². The van der Waals surface area contributed by atoms with Crippen LogP contribution in [0, 0.1) is 10.8 Å². The molecule has 4 atom stereocenters. The van der Waals surface area contributed by atoms with Gasteiger partial charge in [-0.1, -0.05) is 80.9 Å². The van der Waals surface area contributed by atoms with E-state index in [4.69, 9.17) is 9.68 Å². The van der Waals surface area contributed by atoms with Gasteiger partial charge in [-0.2, -0.15) is 10.1 Å². The fourth-order valence-corrected chi connectivity index (χ4v) is 11.1. The molecule has 6 aliphatic heterocycles. The predicted octanol–water partition coefficient (Wildman–Crippen LogP) is 1.67. The molecule has 77 heavy (non-hydrogen) atoms. The van der Waals surface area contributed by atoms with E-state index in [1.165, 1.54) is 49.5 Å². The molecule has 2 aromatic carbocycles. The number of hydrogen-bond acceptors (Lipinski definition) is 15. The van der Waals surface area contributed by atoms with Crippen LogP contribution in [0.4, 0.5) is 9.59 Å². The molecule has 0 aromatic heterocycles. The molecule has 3 N–H and O–H groups in total. The van der Waals surface area contributed by atoms with Crippen molar-refractivity contribution in [3.05, 3.63) is 71.8 Å². The van der Waals surface area contributed by atoms with E-state index in [1.54, 1.807) is 9.80 Å². The molecule has 8 aliphatic rings. The summed E-state index contributed by atoms with van der Waals surface area (Å²) in [6.07, 6.45) is 12.4. The van der Waals surface area contributed by atoms with Crippen molar-refractivity contribution in [3.63, 3.8) is 0 Å². The van der Waals surface area contributed by atoms with Crippen LogP contribution in [-0.4, -0.2) is 163 Å². The van der Waals surface area contributed by atoms with Crippen LogP contribution in [0.5, 0.6) is 0 Å². The molecule has 21 nitrogen and oxygen atoms in total. The van der Waals surface area contributed by atoms with Crippen LogP contribution in [0.15, 0.2) is 60.7 Å². The van der Waals surface area contributed by atoms with Gasteiger partial charge in [0.25, 0.3) is 0 Å². The van der Waals surface area contributed by atoms with E-state index >= 15 is 0 Å². The first-order valence-electron chi connectivity index (χ1n) is 26.8. The Hall–Kier alpha value is -5.10. The molecule has 23 heteroatoms. The second-order valence-corrected chi connectivity index (χ2v) is 21.1. The molecule has 8 fully saturated rings. The Labute approximate surface area is 476 Å². The van der Waals surface area contributed by atoms with E-state index in [1.807, 2.05) is 67.6 Å². The minimum Gasteiger partial charge on any atom is -0.793 e. The summed E-state index contributed by atoms with van der Waals surface area (Å²) in [5, 5.41) is 12.7. The maximum atomic E-state index is 13.0. The summed E-state index contributed by atoms with van der Waals surface area (Å²) in [4.78, 5) is 115. The Morgan fingerprint density at radius 1 is 0.662 bits per heavy atom. The standard InChI is InChI=1S/C24H34N4O3.C20H26N4O3.C4H6O4.C4H8O.C2H3BO2.Na/c1-2-3-11-26-16-24(17-26)12-19(13-24)25-22(29)21-10-9-20-14-27(21)23(30)28(20)31-15-18-7-5-4-6-8-18;25-18(22-15-8-20(9-15)12-21-13-20)17-7-6-16-10-23(17)19(26)24(16)27-11-14-4-2-1-3-5-14;1-3(5)7-8-4(2)6;1-2-3-4-5;1-2(4)5-3;/h4-8,19-21H,2-3,9-17H2,1H3,(H,25,29);1-5,15-17,21H,6-13H2,(H,22,25);1-2H3;4H,2-3H2,1H3;1H3;/q;;;;-1;+1/t20-,21+;16-,17+;;;;/m11..../s1. The average molecular weight is 1080 g/mol. The third-order valence-electron chi connectivity index (χ3n) is 14.9. The Bertz CT molecular complexity index is 2250. The van der Waals surface area contributed by atoms with Crippen LogP contribution in [0.3, 0.4) is 0 Å². The fourth-order valence-electron chi connectivity index (χ4n) is 11.1. The zero-order valence-electron chi connectivity index (χ0n) is 45.8. The summed E-state index contributed by atoms with van der Waals surface area (Å²) in [7, 11) is 4.32. The summed E-state index contributed by atoms with van der Waals surface area (Å²) in [5.74, 6) is -1.73. The van der Waals surface area contributed by atoms with Crippen LogP contribution in [0.1, 0.15) is 123 Å². The average Bonchev–Trinajstić information content (AvgIpc) is 3.75. The molecule has 2 spiro atoms. The van der Waals surface area contributed by atoms with Gasteiger partial charge in [-0.05, 0) is 92.7 Å². The van der Waals surface area contributed by atoms with Crippen molar-refractivity contribution in [1.82, 2.24) is 40.8 Å². The van der Waals surface area contributed by atoms with Gasteiger partial charge < -0.3 is 48.1 Å². The number of rotatable bonds is 15. The van der Waals surface area contributed by atoms with Crippen LogP contribution >= 0.6 is 0 Å². The Morgan fingerprint density at radius 3 is 1.43 bits per heavy atom. The van der Waals surface area contributed by atoms with Crippen molar-refractivity contribution in [2.75, 3.05) is 45.8 Å². The number of carbonyl (C=O) groups excluding carboxylic acids is 8. The second-order valence-electron chi connectivity index (χ2n) is 21.1. The third-order valence-corrected chi connectivity index (χ3v) is 14.9. The number of unbranched alkanes of at least 4 members (excludes halogenated alkanes) is 2. The van der Waals surface area contributed by atoms with Gasteiger partial charge >= 0.3 is 53.6 Å². The molecular formula is C54H77BN8NaO13. The van der Waals surface area contributed by atoms with Crippen LogP contribution in [0.25, 0.3) is 0 Å². The summed E-state index contributed by atoms with van der Waals surface area (Å²) in [6, 6.07) is 19.2. The van der Waals surface area contributed by atoms with Crippen LogP contribution in [0.2, 0.25) is 0 Å². The number of piperidine rings is 2. The number of nitrogens with one attached hydrogen (secondary N) is 3. The van der Waals surface area contributed by atoms with Gasteiger partial charge in [0.15, 0.2) is 0 Å². The summed E-state index contributed by atoms with van der Waals surface area (Å²) >= 11 is 0. The minimum atomic E-state index is -0.639. The van der Waals surface area contributed by atoms with Crippen molar-refractivity contribution in [1.29, 1.82) is 0 Å². The zero-order chi connectivity index (χ0) is 54.8. The number of likely N-dealkylation sites (tertiary alicyclic amines) is 1. The molecule has 6 amide bonds. The normalized spacial score (nSPS) is 23.5. The van der Waals surface area contributed by atoms with E-state index in [0.29, 0.717) is 56.4 Å². The molecule has 2 saturated carbocycles. The maximum Gasteiger partial charge on any atom is 1.00 e. The summed E-state index contributed by atoms with van der Waals surface area (Å²) in [6.45, 7) is 15.3. The smallest absolute Gasteiger partial charge is 0.793 e. The van der Waals surface area contributed by atoms with E-state index in [0.717, 1.165) is 89.3 Å². The molecule has 10 rings (SSSR count). The van der Waals surface area contributed by atoms with Crippen molar-refractivity contribution in [2.45, 2.75) is 161 Å². The second kappa shape index (κ2) is 30.3. The summed E-state index contributed by atoms with van der Waals surface area (Å²) < 4.78 is 3.61. The third kappa shape index (κ3) is 17.7. The van der Waals surface area contributed by atoms with Crippen molar-refractivity contribution < 1.29 is 92.0 Å². The van der Waals surface area contributed by atoms with Gasteiger partial charge in [-0.25, -0.2) is 29.0 Å². The number of aldehydes is 1. The molecular weight excluding hydrogens is 1000 g/mol. The van der Waals surface area contributed by atoms with Crippen LogP contribution < -0.4 is 45.5 Å². The molecule has 3 radical (unpaired) electrons. The first-order valence-corrected chi connectivity index (χ1v) is 26.8. The first kappa shape index (κ1) is 62.7. The molecule has 2 aliphatic carbocycles. The van der Waals surface area contributed by atoms with Gasteiger partial charge in [0.1, 0.15) is 31.6 Å². The van der Waals surface area contributed by atoms with Crippen LogP contribution in [-0.2, 0) is 66.1 Å². The number of urea groups is 2. The first-order chi connectivity index (χ1) is 36.5. The van der Waals surface area contributed by atoms with Gasteiger partial charge in [0.2, 0.25) is 17.8 Å². The van der Waals surface area contributed by atoms with Crippen molar-refractivity contribution >= 4 is 56.1 Å². The van der Waals surface area contributed by atoms with E-state index < -0.39 is 17.9 Å². The Kier molecular flexibility index (Phi) is 24.7. The Morgan fingerprint density at radius 2 is 1.09 bits per heavy atom. The number of hydroxylamine groups is 4. The topological polar surface area (TPSA) is 235 Å². The maximum absolute atomic E-state index is 13.0. The minimum absolute atomic E-state index is 0. The molecule has 415 valence electrons. The van der Waals surface area contributed by atoms with Crippen molar-refractivity contribution in [3.8, 4) is 0 Å². The van der Waals surface area contributed by atoms with Gasteiger partial charge in [0, 0.05) is 78.5 Å². The molecule has 0 unspecified atom stereocenters. The SMILES string of the molecule is CC(=O)OOC(C)=O.CCCC=O.CCCCN1CC2(CC(NC(=O)[C@@H]3CC[C@@H]4CN3C(=O)N4OCc3ccccc3)C2)C1.O=C(NC1CC2(CNC2)C1)[C@@H]1CC[C@@H]2CN1C(=O)N2OCc1ccccc1.[B-]OC(C)=O.[Na+]. The molecule has 4 bridgehead atoms. The Balaban J connectivity index is 0.000000215. The molecule has 2 aromatic rings. The fraction of sp³-hybridized carbons (Fsp3) is 0.630. The largest absolute Gasteiger partial charge is 1.00 e. The number of nitrogens with zero attached hydrogens (tertiary/aromatic N) is 5. The van der Waals surface area contributed by atoms with E-state index in [9.17, 15) is 38.4 Å². The summed E-state index contributed by atoms with van der Waals surface area (Å²) in [5.41, 5.74) is 2.93. The van der Waals surface area contributed by atoms with Gasteiger partial charge in [-0.3, -0.25) is 24.1 Å². The number of hydrogen-bond donors (Lipinski definition) is 3. The van der Waals surface area contributed by atoms with Gasteiger partial charge in [-0.15, -0.1) is 0 Å². The predicted molar refractivity (Wildman–Crippen MR) is 277 cm³/mol. The number of benzene rings is 2. The van der Waals surface area contributed by atoms with E-state index in [-0.39, 0.29) is 89.7 Å². The number of fused-ring (bicyclic) bond motifs is 4. The van der Waals surface area contributed by atoms with Gasteiger partial charge in [0.05, 0.1) is 12.1 Å². The molecule has 6 heterocycles. The number of amides is 6. The zero-order valence-corrected chi connectivity index (χ0v) is 47.8.